The number of rotatable bonds is 6. The van der Waals surface area contributed by atoms with Gasteiger partial charge < -0.3 is 15.8 Å². The van der Waals surface area contributed by atoms with E-state index in [1.807, 2.05) is 18.2 Å². The van der Waals surface area contributed by atoms with Crippen LogP contribution < -0.4 is 11.1 Å². The second-order valence-electron chi connectivity index (χ2n) is 5.88. The number of nitrogens with two attached hydrogens (primary N) is 1. The van der Waals surface area contributed by atoms with Crippen molar-refractivity contribution in [1.82, 2.24) is 5.32 Å². The normalized spacial score (nSPS) is 17.4. The summed E-state index contributed by atoms with van der Waals surface area (Å²) in [6.07, 6.45) is 4.13. The summed E-state index contributed by atoms with van der Waals surface area (Å²) in [4.78, 5) is 4.58. The highest BCUT2D eigenvalue weighted by molar-refractivity contribution is 14.0. The van der Waals surface area contributed by atoms with Crippen LogP contribution in [-0.2, 0) is 10.2 Å². The van der Waals surface area contributed by atoms with Crippen LogP contribution in [0.3, 0.4) is 0 Å². The first kappa shape index (κ1) is 20.5. The first-order valence-electron chi connectivity index (χ1n) is 8.04. The smallest absolute Gasteiger partial charge is 0.188 e. The van der Waals surface area contributed by atoms with Crippen LogP contribution in [-0.4, -0.2) is 32.3 Å². The fourth-order valence-electron chi connectivity index (χ4n) is 2.80. The van der Waals surface area contributed by atoms with Gasteiger partial charge in [0.1, 0.15) is 0 Å². The Morgan fingerprint density at radius 3 is 2.78 bits per heavy atom. The van der Waals surface area contributed by atoms with Gasteiger partial charge in [-0.2, -0.15) is 0 Å². The van der Waals surface area contributed by atoms with Crippen molar-refractivity contribution in [2.45, 2.75) is 38.0 Å². The number of nitrogens with one attached hydrogen (secondary N) is 1. The maximum atomic E-state index is 6.17. The molecule has 0 spiro atoms. The van der Waals surface area contributed by atoms with Crippen LogP contribution in [0.5, 0.6) is 0 Å². The van der Waals surface area contributed by atoms with Gasteiger partial charge in [0.2, 0.25) is 0 Å². The topological polar surface area (TPSA) is 59.6 Å². The molecule has 0 atom stereocenters. The molecule has 23 heavy (non-hydrogen) atoms. The van der Waals surface area contributed by atoms with E-state index in [1.54, 1.807) is 0 Å². The van der Waals surface area contributed by atoms with E-state index >= 15 is 0 Å². The molecule has 1 fully saturated rings. The van der Waals surface area contributed by atoms with Gasteiger partial charge >= 0.3 is 0 Å². The number of benzene rings is 1. The lowest BCUT2D eigenvalue weighted by Crippen LogP contribution is -2.39. The van der Waals surface area contributed by atoms with Gasteiger partial charge in [0.05, 0.1) is 6.54 Å². The highest BCUT2D eigenvalue weighted by Gasteiger charge is 2.34. The Bertz CT molecular complexity index is 504. The van der Waals surface area contributed by atoms with E-state index < -0.39 is 0 Å². The molecule has 6 heteroatoms. The van der Waals surface area contributed by atoms with E-state index in [-0.39, 0.29) is 29.4 Å². The standard InChI is InChI=1S/C17H26ClN3O.HI/c1-2-3-9-20-16(19)21-13-17(7-10-22-11-8-17)14-5-4-6-15(18)12-14;/h4-6,12H,2-3,7-11,13H2,1H3,(H3,19,20,21);1H. The second-order valence-corrected chi connectivity index (χ2v) is 6.32. The molecule has 130 valence electrons. The lowest BCUT2D eigenvalue weighted by molar-refractivity contribution is 0.0531. The van der Waals surface area contributed by atoms with Crippen molar-refractivity contribution in [3.8, 4) is 0 Å². The Morgan fingerprint density at radius 1 is 1.39 bits per heavy atom. The number of guanidine groups is 1. The summed E-state index contributed by atoms with van der Waals surface area (Å²) in [6, 6.07) is 8.08. The molecule has 0 saturated carbocycles. The average molecular weight is 452 g/mol. The van der Waals surface area contributed by atoms with Gasteiger partial charge in [-0.05, 0) is 37.0 Å². The third-order valence-corrected chi connectivity index (χ3v) is 4.51. The summed E-state index contributed by atoms with van der Waals surface area (Å²) in [5, 5.41) is 3.94. The molecule has 0 amide bonds. The van der Waals surface area contributed by atoms with Crippen molar-refractivity contribution < 1.29 is 4.74 Å². The maximum Gasteiger partial charge on any atom is 0.188 e. The van der Waals surface area contributed by atoms with Crippen molar-refractivity contribution >= 4 is 41.5 Å². The highest BCUT2D eigenvalue weighted by Crippen LogP contribution is 2.36. The largest absolute Gasteiger partial charge is 0.381 e. The van der Waals surface area contributed by atoms with Crippen LogP contribution >= 0.6 is 35.6 Å². The zero-order valence-corrected chi connectivity index (χ0v) is 16.8. The number of nitrogens with zero attached hydrogens (tertiary/aromatic N) is 1. The minimum Gasteiger partial charge on any atom is -0.381 e. The van der Waals surface area contributed by atoms with Crippen LogP contribution in [0.2, 0.25) is 5.02 Å². The molecule has 1 saturated heterocycles. The van der Waals surface area contributed by atoms with Crippen molar-refractivity contribution in [2.75, 3.05) is 26.3 Å². The second kappa shape index (κ2) is 10.4. The lowest BCUT2D eigenvalue weighted by Gasteiger charge is -2.36. The zero-order chi connectivity index (χ0) is 15.8. The van der Waals surface area contributed by atoms with Gasteiger partial charge in [0.15, 0.2) is 5.96 Å². The lowest BCUT2D eigenvalue weighted by atomic mass is 9.74. The third kappa shape index (κ3) is 6.12. The molecule has 0 bridgehead atoms. The zero-order valence-electron chi connectivity index (χ0n) is 13.7. The monoisotopic (exact) mass is 451 g/mol. The highest BCUT2D eigenvalue weighted by atomic mass is 127. The van der Waals surface area contributed by atoms with Crippen molar-refractivity contribution in [3.63, 3.8) is 0 Å². The van der Waals surface area contributed by atoms with Gasteiger partial charge in [-0.15, -0.1) is 24.0 Å². The predicted octanol–water partition coefficient (Wildman–Crippen LogP) is 3.71. The summed E-state index contributed by atoms with van der Waals surface area (Å²) in [7, 11) is 0. The number of ether oxygens (including phenoxy) is 1. The van der Waals surface area contributed by atoms with E-state index in [2.05, 4.69) is 23.3 Å². The molecule has 0 aliphatic carbocycles. The molecule has 2 rings (SSSR count). The molecule has 1 aromatic rings. The molecule has 1 aromatic carbocycles. The Morgan fingerprint density at radius 2 is 2.13 bits per heavy atom. The van der Waals surface area contributed by atoms with Crippen LogP contribution in [0.4, 0.5) is 0 Å². The first-order chi connectivity index (χ1) is 10.7. The van der Waals surface area contributed by atoms with Gasteiger partial charge in [-0.3, -0.25) is 4.99 Å². The molecule has 0 aromatic heterocycles. The molecule has 1 aliphatic heterocycles. The molecular formula is C17H27ClIN3O. The van der Waals surface area contributed by atoms with Crippen molar-refractivity contribution in [1.29, 1.82) is 0 Å². The SMILES string of the molecule is CCCCNC(N)=NCC1(c2cccc(Cl)c2)CCOCC1.I. The third-order valence-electron chi connectivity index (χ3n) is 4.28. The summed E-state index contributed by atoms with van der Waals surface area (Å²) in [5.74, 6) is 0.529. The van der Waals surface area contributed by atoms with E-state index in [0.29, 0.717) is 12.5 Å². The Kier molecular flexibility index (Phi) is 9.24. The Labute approximate surface area is 161 Å². The van der Waals surface area contributed by atoms with Crippen molar-refractivity contribution in [2.24, 2.45) is 10.7 Å². The number of hydrogen-bond acceptors (Lipinski definition) is 2. The molecule has 1 aliphatic rings. The summed E-state index contributed by atoms with van der Waals surface area (Å²) in [6.45, 7) is 5.21. The van der Waals surface area contributed by atoms with E-state index in [4.69, 9.17) is 22.1 Å². The number of aliphatic imine (C=N–C) groups is 1. The fourth-order valence-corrected chi connectivity index (χ4v) is 2.99. The van der Waals surface area contributed by atoms with Crippen LogP contribution in [0.1, 0.15) is 38.2 Å². The molecule has 1 heterocycles. The summed E-state index contributed by atoms with van der Waals surface area (Å²) >= 11 is 6.17. The molecule has 0 unspecified atom stereocenters. The fraction of sp³-hybridized carbons (Fsp3) is 0.588. The predicted molar refractivity (Wildman–Crippen MR) is 108 cm³/mol. The van der Waals surface area contributed by atoms with Gasteiger partial charge in [0.25, 0.3) is 0 Å². The van der Waals surface area contributed by atoms with Gasteiger partial charge in [-0.25, -0.2) is 0 Å². The Balaban J connectivity index is 0.00000264. The Hall–Kier alpha value is -0.530. The first-order valence-corrected chi connectivity index (χ1v) is 8.42. The number of unbranched alkanes of at least 4 members (excludes halogenated alkanes) is 1. The molecule has 4 nitrogen and oxygen atoms in total. The molecule has 0 radical (unpaired) electrons. The minimum absolute atomic E-state index is 0. The average Bonchev–Trinajstić information content (AvgIpc) is 2.54. The minimum atomic E-state index is -0.0276. The van der Waals surface area contributed by atoms with E-state index in [0.717, 1.165) is 50.5 Å². The van der Waals surface area contributed by atoms with Crippen LogP contribution in [0.25, 0.3) is 0 Å². The van der Waals surface area contributed by atoms with Gasteiger partial charge in [-0.1, -0.05) is 37.1 Å². The van der Waals surface area contributed by atoms with Crippen LogP contribution in [0, 0.1) is 0 Å². The summed E-state index contributed by atoms with van der Waals surface area (Å²) in [5.41, 5.74) is 7.18. The number of hydrogen-bond donors (Lipinski definition) is 2. The summed E-state index contributed by atoms with van der Waals surface area (Å²) < 4.78 is 5.53. The van der Waals surface area contributed by atoms with Crippen LogP contribution in [0.15, 0.2) is 29.3 Å². The quantitative estimate of drug-likeness (QED) is 0.300. The molecular weight excluding hydrogens is 425 g/mol. The van der Waals surface area contributed by atoms with Gasteiger partial charge in [0, 0.05) is 30.2 Å². The van der Waals surface area contributed by atoms with E-state index in [1.165, 1.54) is 5.56 Å². The maximum absolute atomic E-state index is 6.17. The number of halogens is 2. The van der Waals surface area contributed by atoms with E-state index in [9.17, 15) is 0 Å². The van der Waals surface area contributed by atoms with Crippen molar-refractivity contribution in [3.05, 3.63) is 34.9 Å². The molecule has 3 N–H and O–H groups in total.